The molecule has 0 atom stereocenters. The summed E-state index contributed by atoms with van der Waals surface area (Å²) in [6.07, 6.45) is 1.97. The third kappa shape index (κ3) is 3.35. The first-order valence-electron chi connectivity index (χ1n) is 7.07. The number of rotatable bonds is 1. The highest BCUT2D eigenvalue weighted by atomic mass is 32.1. The van der Waals surface area contributed by atoms with Gasteiger partial charge in [-0.3, -0.25) is 4.79 Å². The predicted molar refractivity (Wildman–Crippen MR) is 81.7 cm³/mol. The summed E-state index contributed by atoms with van der Waals surface area (Å²) in [5.74, 6) is -0.0656. The van der Waals surface area contributed by atoms with E-state index in [4.69, 9.17) is 0 Å². The first-order chi connectivity index (χ1) is 9.29. The zero-order chi connectivity index (χ0) is 14.9. The quantitative estimate of drug-likeness (QED) is 0.776. The average Bonchev–Trinajstić information content (AvgIpc) is 2.40. The molecule has 2 nitrogen and oxygen atoms in total. The van der Waals surface area contributed by atoms with Crippen LogP contribution >= 0.6 is 12.6 Å². The molecule has 1 aromatic rings. The smallest absolute Gasteiger partial charge is 0.256 e. The average molecular weight is 295 g/mol. The van der Waals surface area contributed by atoms with Gasteiger partial charge in [-0.1, -0.05) is 20.8 Å². The fraction of sp³-hybridized carbons (Fsp3) is 0.562. The van der Waals surface area contributed by atoms with Crippen LogP contribution in [0.5, 0.6) is 0 Å². The third-order valence-electron chi connectivity index (χ3n) is 4.19. The van der Waals surface area contributed by atoms with Gasteiger partial charge in [0.2, 0.25) is 0 Å². The lowest BCUT2D eigenvalue weighted by molar-refractivity contribution is 0.0604. The lowest BCUT2D eigenvalue weighted by Crippen LogP contribution is -2.41. The van der Waals surface area contributed by atoms with E-state index in [2.05, 4.69) is 33.4 Å². The molecule has 0 radical (unpaired) electrons. The molecule has 1 aliphatic rings. The molecule has 1 aromatic carbocycles. The van der Waals surface area contributed by atoms with E-state index in [9.17, 15) is 9.18 Å². The molecule has 1 heterocycles. The monoisotopic (exact) mass is 295 g/mol. The van der Waals surface area contributed by atoms with Gasteiger partial charge in [0, 0.05) is 18.0 Å². The molecule has 1 amide bonds. The third-order valence-corrected chi connectivity index (χ3v) is 4.47. The molecular formula is C16H22FNOS. The van der Waals surface area contributed by atoms with Gasteiger partial charge in [-0.05, 0) is 42.4 Å². The Bertz CT molecular complexity index is 502. The second-order valence-electron chi connectivity index (χ2n) is 6.60. The van der Waals surface area contributed by atoms with E-state index < -0.39 is 5.82 Å². The standard InChI is InChI=1S/C16H22FNOS/c1-16(2,3)11-6-8-18(9-7-11)15(19)13-10-12(20)4-5-14(13)17/h4-5,10-11,20H,6-9H2,1-3H3. The van der Waals surface area contributed by atoms with Gasteiger partial charge in [-0.15, -0.1) is 12.6 Å². The second-order valence-corrected chi connectivity index (χ2v) is 7.11. The molecule has 0 bridgehead atoms. The van der Waals surface area contributed by atoms with Gasteiger partial charge < -0.3 is 4.90 Å². The summed E-state index contributed by atoms with van der Waals surface area (Å²) in [6, 6.07) is 4.37. The number of carbonyl (C=O) groups is 1. The fourth-order valence-corrected chi connectivity index (χ4v) is 3.00. The summed E-state index contributed by atoms with van der Waals surface area (Å²) in [5, 5.41) is 0. The SMILES string of the molecule is CC(C)(C)C1CCN(C(=O)c2cc(S)ccc2F)CC1. The van der Waals surface area contributed by atoms with E-state index in [1.165, 1.54) is 12.1 Å². The number of nitrogens with zero attached hydrogens (tertiary/aromatic N) is 1. The van der Waals surface area contributed by atoms with Crippen LogP contribution in [0.1, 0.15) is 44.0 Å². The summed E-state index contributed by atoms with van der Waals surface area (Å²) < 4.78 is 13.8. The normalized spacial score (nSPS) is 17.4. The van der Waals surface area contributed by atoms with Crippen LogP contribution in [-0.4, -0.2) is 23.9 Å². The molecule has 0 aliphatic carbocycles. The summed E-state index contributed by atoms with van der Waals surface area (Å²) in [7, 11) is 0. The van der Waals surface area contributed by atoms with Crippen LogP contribution in [0.4, 0.5) is 4.39 Å². The number of carbonyl (C=O) groups excluding carboxylic acids is 1. The molecule has 0 spiro atoms. The Morgan fingerprint density at radius 1 is 1.30 bits per heavy atom. The lowest BCUT2D eigenvalue weighted by Gasteiger charge is -2.38. The molecule has 0 N–H and O–H groups in total. The highest BCUT2D eigenvalue weighted by Crippen LogP contribution is 2.34. The van der Waals surface area contributed by atoms with Crippen molar-refractivity contribution in [3.63, 3.8) is 0 Å². The number of thiol groups is 1. The Morgan fingerprint density at radius 2 is 1.90 bits per heavy atom. The molecule has 110 valence electrons. The summed E-state index contributed by atoms with van der Waals surface area (Å²) in [4.78, 5) is 14.7. The molecule has 1 aliphatic heterocycles. The van der Waals surface area contributed by atoms with E-state index in [-0.39, 0.29) is 16.9 Å². The van der Waals surface area contributed by atoms with Crippen molar-refractivity contribution in [3.8, 4) is 0 Å². The van der Waals surface area contributed by atoms with Crippen LogP contribution in [0, 0.1) is 17.2 Å². The van der Waals surface area contributed by atoms with Crippen molar-refractivity contribution in [3.05, 3.63) is 29.6 Å². The van der Waals surface area contributed by atoms with Gasteiger partial charge in [0.15, 0.2) is 0 Å². The van der Waals surface area contributed by atoms with Gasteiger partial charge >= 0.3 is 0 Å². The Morgan fingerprint density at radius 3 is 2.45 bits per heavy atom. The van der Waals surface area contributed by atoms with Crippen molar-refractivity contribution in [1.82, 2.24) is 4.90 Å². The van der Waals surface area contributed by atoms with Crippen molar-refractivity contribution in [2.75, 3.05) is 13.1 Å². The molecule has 1 fully saturated rings. The Kier molecular flexibility index (Phi) is 4.43. The van der Waals surface area contributed by atoms with Crippen molar-refractivity contribution >= 4 is 18.5 Å². The molecule has 2 rings (SSSR count). The maximum atomic E-state index is 13.8. The number of benzene rings is 1. The topological polar surface area (TPSA) is 20.3 Å². The molecule has 1 saturated heterocycles. The van der Waals surface area contributed by atoms with E-state index in [0.29, 0.717) is 23.9 Å². The van der Waals surface area contributed by atoms with Crippen LogP contribution in [-0.2, 0) is 0 Å². The molecule has 20 heavy (non-hydrogen) atoms. The van der Waals surface area contributed by atoms with Crippen LogP contribution in [0.2, 0.25) is 0 Å². The van der Waals surface area contributed by atoms with E-state index in [1.807, 2.05) is 0 Å². The molecule has 0 saturated carbocycles. The zero-order valence-electron chi connectivity index (χ0n) is 12.3. The summed E-state index contributed by atoms with van der Waals surface area (Å²) in [5.41, 5.74) is 0.400. The highest BCUT2D eigenvalue weighted by Gasteiger charge is 2.31. The number of piperidine rings is 1. The van der Waals surface area contributed by atoms with Gasteiger partial charge in [-0.25, -0.2) is 4.39 Å². The van der Waals surface area contributed by atoms with Crippen molar-refractivity contribution < 1.29 is 9.18 Å². The Labute approximate surface area is 125 Å². The van der Waals surface area contributed by atoms with Crippen molar-refractivity contribution in [1.29, 1.82) is 0 Å². The Hall–Kier alpha value is -1.03. The fourth-order valence-electron chi connectivity index (χ4n) is 2.80. The minimum absolute atomic E-state index is 0.131. The number of hydrogen-bond acceptors (Lipinski definition) is 2. The first kappa shape index (κ1) is 15.4. The van der Waals surface area contributed by atoms with Crippen LogP contribution in [0.15, 0.2) is 23.1 Å². The van der Waals surface area contributed by atoms with E-state index in [1.54, 1.807) is 11.0 Å². The van der Waals surface area contributed by atoms with Gasteiger partial charge in [0.25, 0.3) is 5.91 Å². The van der Waals surface area contributed by atoms with Crippen molar-refractivity contribution in [2.24, 2.45) is 11.3 Å². The van der Waals surface area contributed by atoms with Crippen LogP contribution < -0.4 is 0 Å². The maximum Gasteiger partial charge on any atom is 0.256 e. The largest absolute Gasteiger partial charge is 0.339 e. The predicted octanol–water partition coefficient (Wildman–Crippen LogP) is 4.01. The summed E-state index contributed by atoms with van der Waals surface area (Å²) >= 11 is 4.17. The van der Waals surface area contributed by atoms with Crippen molar-refractivity contribution in [2.45, 2.75) is 38.5 Å². The minimum Gasteiger partial charge on any atom is -0.339 e. The maximum absolute atomic E-state index is 13.8. The summed E-state index contributed by atoms with van der Waals surface area (Å²) in [6.45, 7) is 8.12. The minimum atomic E-state index is -0.467. The van der Waals surface area contributed by atoms with E-state index >= 15 is 0 Å². The van der Waals surface area contributed by atoms with E-state index in [0.717, 1.165) is 12.8 Å². The highest BCUT2D eigenvalue weighted by molar-refractivity contribution is 7.80. The Balaban J connectivity index is 2.07. The zero-order valence-corrected chi connectivity index (χ0v) is 13.2. The van der Waals surface area contributed by atoms with Crippen LogP contribution in [0.3, 0.4) is 0 Å². The number of hydrogen-bond donors (Lipinski definition) is 1. The molecule has 4 heteroatoms. The first-order valence-corrected chi connectivity index (χ1v) is 7.51. The number of likely N-dealkylation sites (tertiary alicyclic amines) is 1. The van der Waals surface area contributed by atoms with Gasteiger partial charge in [-0.2, -0.15) is 0 Å². The number of amides is 1. The van der Waals surface area contributed by atoms with Gasteiger partial charge in [0.05, 0.1) is 5.56 Å². The van der Waals surface area contributed by atoms with Crippen LogP contribution in [0.25, 0.3) is 0 Å². The lowest BCUT2D eigenvalue weighted by atomic mass is 9.75. The second kappa shape index (κ2) is 5.76. The molecule has 0 unspecified atom stereocenters. The number of halogens is 1. The van der Waals surface area contributed by atoms with Gasteiger partial charge in [0.1, 0.15) is 5.82 Å². The molecular weight excluding hydrogens is 273 g/mol. The molecule has 0 aromatic heterocycles.